The molecular formula is C18H26N4O2. The summed E-state index contributed by atoms with van der Waals surface area (Å²) in [6.45, 7) is 6.05. The molecule has 0 radical (unpaired) electrons. The summed E-state index contributed by atoms with van der Waals surface area (Å²) < 4.78 is 5.40. The molecule has 1 aromatic rings. The molecule has 6 heteroatoms. The van der Waals surface area contributed by atoms with Crippen molar-refractivity contribution in [3.05, 3.63) is 23.9 Å². The average molecular weight is 330 g/mol. The largest absolute Gasteiger partial charge is 0.378 e. The van der Waals surface area contributed by atoms with Crippen LogP contribution in [0, 0.1) is 5.92 Å². The van der Waals surface area contributed by atoms with E-state index in [1.807, 2.05) is 12.1 Å². The number of likely N-dealkylation sites (tertiary alicyclic amines) is 1. The van der Waals surface area contributed by atoms with Crippen LogP contribution in [0.4, 0.5) is 5.82 Å². The van der Waals surface area contributed by atoms with Crippen LogP contribution >= 0.6 is 0 Å². The van der Waals surface area contributed by atoms with Gasteiger partial charge in [-0.25, -0.2) is 4.98 Å². The number of pyridine rings is 1. The Balaban J connectivity index is 1.35. The molecule has 3 aliphatic rings. The monoisotopic (exact) mass is 330 g/mol. The fraction of sp³-hybridized carbons (Fsp3) is 0.667. The van der Waals surface area contributed by atoms with Gasteiger partial charge in [0.25, 0.3) is 5.91 Å². The quantitative estimate of drug-likeness (QED) is 0.877. The van der Waals surface area contributed by atoms with E-state index in [4.69, 9.17) is 4.74 Å². The summed E-state index contributed by atoms with van der Waals surface area (Å²) in [5.41, 5.74) is 0.677. The zero-order valence-electron chi connectivity index (χ0n) is 14.1. The van der Waals surface area contributed by atoms with Gasteiger partial charge in [0.1, 0.15) is 5.82 Å². The Hall–Kier alpha value is -1.66. The number of amides is 1. The summed E-state index contributed by atoms with van der Waals surface area (Å²) >= 11 is 0. The van der Waals surface area contributed by atoms with Crippen LogP contribution in [-0.4, -0.2) is 67.8 Å². The molecule has 0 spiro atoms. The van der Waals surface area contributed by atoms with Crippen molar-refractivity contribution >= 4 is 11.7 Å². The predicted octanol–water partition coefficient (Wildman–Crippen LogP) is 1.13. The van der Waals surface area contributed by atoms with E-state index in [2.05, 4.69) is 20.1 Å². The third-order valence-corrected chi connectivity index (χ3v) is 5.27. The van der Waals surface area contributed by atoms with Crippen LogP contribution in [0.3, 0.4) is 0 Å². The highest BCUT2D eigenvalue weighted by molar-refractivity contribution is 5.98. The highest BCUT2D eigenvalue weighted by Crippen LogP contribution is 2.31. The first-order valence-electron chi connectivity index (χ1n) is 9.11. The molecule has 1 N–H and O–H groups in total. The minimum absolute atomic E-state index is 0.00513. The van der Waals surface area contributed by atoms with Crippen LogP contribution in [0.25, 0.3) is 0 Å². The number of rotatable bonds is 5. The lowest BCUT2D eigenvalue weighted by molar-refractivity contribution is 0.0945. The fourth-order valence-electron chi connectivity index (χ4n) is 3.73. The van der Waals surface area contributed by atoms with Gasteiger partial charge in [0, 0.05) is 38.4 Å². The Morgan fingerprint density at radius 3 is 2.88 bits per heavy atom. The lowest BCUT2D eigenvalue weighted by Gasteiger charge is -2.29. The van der Waals surface area contributed by atoms with Gasteiger partial charge >= 0.3 is 0 Å². The average Bonchev–Trinajstić information content (AvgIpc) is 3.39. The molecule has 4 rings (SSSR count). The Kier molecular flexibility index (Phi) is 4.67. The molecule has 0 bridgehead atoms. The summed E-state index contributed by atoms with van der Waals surface area (Å²) in [6, 6.07) is 4.54. The normalized spacial score (nSPS) is 25.0. The minimum Gasteiger partial charge on any atom is -0.378 e. The molecule has 0 unspecified atom stereocenters. The van der Waals surface area contributed by atoms with E-state index < -0.39 is 0 Å². The van der Waals surface area contributed by atoms with E-state index >= 15 is 0 Å². The fourth-order valence-corrected chi connectivity index (χ4v) is 3.73. The molecular weight excluding hydrogens is 304 g/mol. The number of carbonyl (C=O) groups is 1. The molecule has 1 aliphatic carbocycles. The predicted molar refractivity (Wildman–Crippen MR) is 92.3 cm³/mol. The number of morpholine rings is 1. The number of hydrogen-bond acceptors (Lipinski definition) is 5. The first kappa shape index (κ1) is 15.8. The van der Waals surface area contributed by atoms with Gasteiger partial charge in [-0.3, -0.25) is 4.79 Å². The topological polar surface area (TPSA) is 57.7 Å². The summed E-state index contributed by atoms with van der Waals surface area (Å²) in [5.74, 6) is 1.36. The van der Waals surface area contributed by atoms with Crippen LogP contribution in [0.5, 0.6) is 0 Å². The van der Waals surface area contributed by atoms with Crippen molar-refractivity contribution in [1.82, 2.24) is 15.2 Å². The number of anilines is 1. The van der Waals surface area contributed by atoms with Crippen molar-refractivity contribution in [3.8, 4) is 0 Å². The Morgan fingerprint density at radius 1 is 1.25 bits per heavy atom. The molecule has 24 heavy (non-hydrogen) atoms. The first-order chi connectivity index (χ1) is 11.8. The van der Waals surface area contributed by atoms with E-state index in [1.54, 1.807) is 6.20 Å². The van der Waals surface area contributed by atoms with E-state index in [0.29, 0.717) is 24.7 Å². The van der Waals surface area contributed by atoms with Crippen molar-refractivity contribution < 1.29 is 9.53 Å². The summed E-state index contributed by atoms with van der Waals surface area (Å²) in [6.07, 6.45) is 5.67. The number of carbonyl (C=O) groups excluding carboxylic acids is 1. The van der Waals surface area contributed by atoms with Gasteiger partial charge in [-0.2, -0.15) is 0 Å². The molecule has 1 saturated carbocycles. The second-order valence-electron chi connectivity index (χ2n) is 7.06. The van der Waals surface area contributed by atoms with Crippen molar-refractivity contribution in [3.63, 3.8) is 0 Å². The zero-order valence-corrected chi connectivity index (χ0v) is 14.1. The maximum absolute atomic E-state index is 12.7. The summed E-state index contributed by atoms with van der Waals surface area (Å²) in [4.78, 5) is 21.8. The van der Waals surface area contributed by atoms with E-state index in [9.17, 15) is 4.79 Å². The third kappa shape index (κ3) is 3.54. The van der Waals surface area contributed by atoms with Gasteiger partial charge in [0.15, 0.2) is 0 Å². The maximum atomic E-state index is 12.7. The van der Waals surface area contributed by atoms with Crippen LogP contribution in [-0.2, 0) is 4.74 Å². The maximum Gasteiger partial charge on any atom is 0.255 e. The van der Waals surface area contributed by atoms with Gasteiger partial charge in [-0.15, -0.1) is 0 Å². The van der Waals surface area contributed by atoms with Gasteiger partial charge < -0.3 is 19.9 Å². The zero-order chi connectivity index (χ0) is 16.4. The van der Waals surface area contributed by atoms with E-state index in [0.717, 1.165) is 38.0 Å². The standard InChI is InChI=1S/C18H26N4O2/c23-18(20-12-14-5-7-22(13-14)15-3-4-15)16-2-1-6-19-17(16)21-8-10-24-11-9-21/h1-2,6,14-15H,3-5,7-13H2,(H,20,23)/t14-/m0/s1. The van der Waals surface area contributed by atoms with Gasteiger partial charge in [-0.05, 0) is 43.9 Å². The number of ether oxygens (including phenoxy) is 1. The lowest BCUT2D eigenvalue weighted by atomic mass is 10.1. The molecule has 2 saturated heterocycles. The Bertz CT molecular complexity index is 584. The number of nitrogens with zero attached hydrogens (tertiary/aromatic N) is 3. The molecule has 3 heterocycles. The summed E-state index contributed by atoms with van der Waals surface area (Å²) in [7, 11) is 0. The molecule has 1 amide bonds. The van der Waals surface area contributed by atoms with E-state index in [-0.39, 0.29) is 5.91 Å². The SMILES string of the molecule is O=C(NC[C@@H]1CCN(C2CC2)C1)c1cccnc1N1CCOCC1. The van der Waals surface area contributed by atoms with Gasteiger partial charge in [0.05, 0.1) is 18.8 Å². The van der Waals surface area contributed by atoms with Crippen molar-refractivity contribution in [2.45, 2.75) is 25.3 Å². The second kappa shape index (κ2) is 7.07. The highest BCUT2D eigenvalue weighted by Gasteiger charge is 2.34. The van der Waals surface area contributed by atoms with Crippen LogP contribution in [0.1, 0.15) is 29.6 Å². The van der Waals surface area contributed by atoms with Crippen molar-refractivity contribution in [2.75, 3.05) is 50.8 Å². The van der Waals surface area contributed by atoms with Crippen LogP contribution in [0.2, 0.25) is 0 Å². The molecule has 0 aromatic carbocycles. The molecule has 1 aromatic heterocycles. The molecule has 1 atom stereocenters. The summed E-state index contributed by atoms with van der Waals surface area (Å²) in [5, 5.41) is 3.14. The highest BCUT2D eigenvalue weighted by atomic mass is 16.5. The van der Waals surface area contributed by atoms with Crippen LogP contribution in [0.15, 0.2) is 18.3 Å². The molecule has 130 valence electrons. The van der Waals surface area contributed by atoms with Gasteiger partial charge in [0.2, 0.25) is 0 Å². The Morgan fingerprint density at radius 2 is 2.08 bits per heavy atom. The smallest absolute Gasteiger partial charge is 0.255 e. The number of aromatic nitrogens is 1. The molecule has 2 aliphatic heterocycles. The van der Waals surface area contributed by atoms with E-state index in [1.165, 1.54) is 25.8 Å². The van der Waals surface area contributed by atoms with Crippen LogP contribution < -0.4 is 10.2 Å². The third-order valence-electron chi connectivity index (χ3n) is 5.27. The Labute approximate surface area is 143 Å². The van der Waals surface area contributed by atoms with Crippen molar-refractivity contribution in [1.29, 1.82) is 0 Å². The second-order valence-corrected chi connectivity index (χ2v) is 7.06. The van der Waals surface area contributed by atoms with Gasteiger partial charge in [-0.1, -0.05) is 0 Å². The molecule has 3 fully saturated rings. The molecule has 6 nitrogen and oxygen atoms in total. The lowest BCUT2D eigenvalue weighted by Crippen LogP contribution is -2.39. The first-order valence-corrected chi connectivity index (χ1v) is 9.11. The minimum atomic E-state index is -0.00513. The van der Waals surface area contributed by atoms with Crippen molar-refractivity contribution in [2.24, 2.45) is 5.92 Å². The number of nitrogens with one attached hydrogen (secondary N) is 1. The number of hydrogen-bond donors (Lipinski definition) is 1.